The van der Waals surface area contributed by atoms with Crippen molar-refractivity contribution < 1.29 is 13.0 Å². The number of hydrogen-bond donors (Lipinski definition) is 1. The van der Waals surface area contributed by atoms with Crippen LogP contribution in [0.4, 0.5) is 0 Å². The molecule has 0 radical (unpaired) electrons. The first-order chi connectivity index (χ1) is 10.0. The van der Waals surface area contributed by atoms with Gasteiger partial charge in [-0.2, -0.15) is 1.33 Å². The summed E-state index contributed by atoms with van der Waals surface area (Å²) < 4.78 is 9.94. The number of hydrogen-bond acceptors (Lipinski definition) is 3. The molecule has 0 aliphatic rings. The topological polar surface area (TPSA) is 49.8 Å². The molecule has 0 aromatic heterocycles. The molecule has 1 aromatic carbocycles. The summed E-state index contributed by atoms with van der Waals surface area (Å²) in [6, 6.07) is 0. The highest BCUT2D eigenvalue weighted by atomic mass is 127. The molecule has 0 bridgehead atoms. The average molecular weight is 1310 g/mol. The fourth-order valence-electron chi connectivity index (χ4n) is 1.38. The minimum atomic E-state index is -1.06. The van der Waals surface area contributed by atoms with Crippen molar-refractivity contribution in [3.63, 3.8) is 0 Å². The summed E-state index contributed by atoms with van der Waals surface area (Å²) in [5, 5.41) is 9.76. The lowest BCUT2D eigenvalue weighted by Crippen LogP contribution is -2.43. The number of benzene rings is 1. The molecular weight excluding hydrogens is 1310 g/mol. The summed E-state index contributed by atoms with van der Waals surface area (Å²) in [5.74, 6) is -0.0275. The lowest BCUT2D eigenvalue weighted by Gasteiger charge is -2.33. The zero-order valence-corrected chi connectivity index (χ0v) is 29.1. The zero-order chi connectivity index (χ0) is 17.4. The zero-order valence-electron chi connectivity index (χ0n) is 9.69. The first-order valence-electron chi connectivity index (χ1n) is 4.84. The highest BCUT2D eigenvalue weighted by molar-refractivity contribution is 14.2. The van der Waals surface area contributed by atoms with E-state index in [0.29, 0.717) is 0 Å². The molecule has 13 heteroatoms. The number of carboxylic acids is 1. The Morgan fingerprint density at radius 3 is 1.77 bits per heavy atom. The summed E-state index contributed by atoms with van der Waals surface area (Å²) in [6.45, 7) is 0. The van der Waals surface area contributed by atoms with Gasteiger partial charge < -0.3 is 8.17 Å². The molecule has 1 aromatic rings. The summed E-state index contributed by atoms with van der Waals surface area (Å²) in [6.07, 6.45) is 0. The maximum absolute atomic E-state index is 11.9. The molecule has 0 amide bonds. The predicted octanol–water partition coefficient (Wildman–Crippen LogP) is 7.53. The summed E-state index contributed by atoms with van der Waals surface area (Å²) >= 11 is 19.2. The van der Waals surface area contributed by atoms with Crippen LogP contribution in [0.25, 0.3) is 0 Å². The summed E-state index contributed by atoms with van der Waals surface area (Å²) in [5.41, 5.74) is 1.03. The van der Waals surface area contributed by atoms with E-state index in [9.17, 15) is 9.90 Å². The normalized spacial score (nSPS) is 15.5. The van der Waals surface area contributed by atoms with Crippen LogP contribution in [0.15, 0.2) is 0 Å². The van der Waals surface area contributed by atoms with Crippen molar-refractivity contribution >= 4 is 210 Å². The molecule has 124 valence electrons. The van der Waals surface area contributed by atoms with Gasteiger partial charge in [0, 0.05) is 52.9 Å². The second-order valence-corrected chi connectivity index (χ2v) is 15.1. The van der Waals surface area contributed by atoms with Crippen molar-refractivity contribution in [1.29, 1.82) is 0 Å². The van der Waals surface area contributed by atoms with Crippen LogP contribution in [0.1, 0.15) is 9.49 Å². The molecular formula is C9H2I9NO3. The van der Waals surface area contributed by atoms with Gasteiger partial charge in [-0.1, -0.05) is 22.6 Å². The number of rotatable bonds is 5. The van der Waals surface area contributed by atoms with Crippen molar-refractivity contribution in [1.82, 2.24) is 1.33 Å². The molecule has 0 aliphatic heterocycles. The third-order valence-corrected chi connectivity index (χ3v) is 16.9. The van der Waals surface area contributed by atoms with Crippen molar-refractivity contribution in [2.24, 2.45) is 0 Å². The highest BCUT2D eigenvalue weighted by Crippen LogP contribution is 2.52. The molecule has 0 spiro atoms. The molecule has 2 unspecified atom stereocenters. The Labute approximate surface area is 251 Å². The fraction of sp³-hybridized carbons (Fsp3) is 0.222. The van der Waals surface area contributed by atoms with Crippen LogP contribution in [0.2, 0.25) is 0 Å². The van der Waals surface area contributed by atoms with Gasteiger partial charge in [0.25, 0.3) is 0 Å². The molecule has 22 heavy (non-hydrogen) atoms. The van der Waals surface area contributed by atoms with E-state index in [-0.39, 0.29) is 3.92 Å². The predicted molar refractivity (Wildman–Crippen MR) is 163 cm³/mol. The fourth-order valence-corrected chi connectivity index (χ4v) is 11.4. The molecule has 1 rings (SSSR count). The lowest BCUT2D eigenvalue weighted by atomic mass is 10.1. The van der Waals surface area contributed by atoms with Gasteiger partial charge in [-0.05, 0) is 119 Å². The van der Waals surface area contributed by atoms with Crippen molar-refractivity contribution in [2.45, 2.75) is 7.47 Å². The van der Waals surface area contributed by atoms with Gasteiger partial charge in [0.2, 0.25) is 3.55 Å². The second-order valence-electron chi connectivity index (χ2n) is 3.65. The molecule has 0 aliphatic carbocycles. The van der Waals surface area contributed by atoms with Crippen LogP contribution in [-0.2, 0) is 4.79 Å². The van der Waals surface area contributed by atoms with Crippen molar-refractivity contribution in [2.75, 3.05) is 0 Å². The van der Waals surface area contributed by atoms with E-state index in [1.165, 1.54) is 0 Å². The van der Waals surface area contributed by atoms with Crippen LogP contribution in [0.5, 0.6) is 5.75 Å². The van der Waals surface area contributed by atoms with Gasteiger partial charge in [0.05, 0.1) is 11.1 Å². The van der Waals surface area contributed by atoms with Gasteiger partial charge in [-0.15, -0.1) is 0 Å². The minimum absolute atomic E-state index is 0.235. The van der Waals surface area contributed by atoms with Crippen molar-refractivity contribution in [3.05, 3.63) is 19.8 Å². The maximum atomic E-state index is 11.9. The van der Waals surface area contributed by atoms with E-state index in [4.69, 9.17) is 3.07 Å². The first-order valence-corrected chi connectivity index (χ1v) is 14.3. The average Bonchev–Trinajstić information content (AvgIpc) is 2.44. The third-order valence-electron chi connectivity index (χ3n) is 2.47. The highest BCUT2D eigenvalue weighted by Gasteiger charge is 2.49. The molecule has 2 atom stereocenters. The van der Waals surface area contributed by atoms with Crippen molar-refractivity contribution in [3.8, 4) is 5.75 Å². The molecule has 0 saturated heterocycles. The van der Waals surface area contributed by atoms with Gasteiger partial charge in [0.1, 0.15) is 0 Å². The van der Waals surface area contributed by atoms with Gasteiger partial charge in [-0.25, -0.2) is 4.79 Å². The molecule has 1 N–H and O–H groups in total. The number of halogens is 9. The van der Waals surface area contributed by atoms with Crippen LogP contribution >= 0.6 is 204 Å². The Hall–Kier alpha value is 5.02. The van der Waals surface area contributed by atoms with E-state index in [1.54, 1.807) is 1.33 Å². The number of carboxylic acid groups (broad SMARTS) is 1. The summed E-state index contributed by atoms with van der Waals surface area (Å²) in [4.78, 5) is 11.9. The first kappa shape index (κ1) is 25.1. The van der Waals surface area contributed by atoms with E-state index in [0.717, 1.165) is 25.6 Å². The van der Waals surface area contributed by atoms with E-state index in [1.807, 2.05) is 91.3 Å². The maximum Gasteiger partial charge on any atom is 0.337 e. The standard InChI is InChI=1S/C9H2I9NO3/c10-2-1(3(11)5(13)6(22-18)4(2)12)7(14)9(15,8(20)21)19(16)17/h7H,(H,20,21). The number of nitrogens with zero attached hydrogens (tertiary/aromatic N) is 1. The van der Waals surface area contributed by atoms with E-state index >= 15 is 0 Å². The Kier molecular flexibility index (Phi) is 12.2. The number of alkyl halides is 2. The molecule has 0 saturated carbocycles. The van der Waals surface area contributed by atoms with Crippen LogP contribution in [0, 0.1) is 14.3 Å². The van der Waals surface area contributed by atoms with Crippen LogP contribution in [0.3, 0.4) is 0 Å². The van der Waals surface area contributed by atoms with Gasteiger partial charge in [-0.3, -0.25) is 0 Å². The van der Waals surface area contributed by atoms with E-state index in [2.05, 4.69) is 113 Å². The lowest BCUT2D eigenvalue weighted by molar-refractivity contribution is -0.140. The molecule has 0 heterocycles. The Bertz CT molecular complexity index is 581. The van der Waals surface area contributed by atoms with Crippen LogP contribution in [-0.4, -0.2) is 15.9 Å². The largest absolute Gasteiger partial charge is 0.479 e. The number of aliphatic carboxylic acids is 1. The third kappa shape index (κ3) is 5.14. The Balaban J connectivity index is 3.67. The minimum Gasteiger partial charge on any atom is -0.479 e. The summed E-state index contributed by atoms with van der Waals surface area (Å²) in [7, 11) is 0. The Morgan fingerprint density at radius 1 is 1.09 bits per heavy atom. The van der Waals surface area contributed by atoms with Gasteiger partial charge >= 0.3 is 5.97 Å². The Morgan fingerprint density at radius 2 is 1.50 bits per heavy atom. The molecule has 4 nitrogen and oxygen atoms in total. The quantitative estimate of drug-likeness (QED) is 0.109. The monoisotopic (exact) mass is 1310 g/mol. The van der Waals surface area contributed by atoms with E-state index < -0.39 is 9.51 Å². The van der Waals surface area contributed by atoms with Gasteiger partial charge in [0.15, 0.2) is 28.8 Å². The smallest absolute Gasteiger partial charge is 0.337 e. The second kappa shape index (κ2) is 10.7. The molecule has 0 fully saturated rings. The number of carbonyl (C=O) groups is 1. The SMILES string of the molecule is O=C(O)C(I)(C(I)c1c(I)c(I)c(OI)c(I)c1I)N(I)I. The van der Waals surface area contributed by atoms with Crippen LogP contribution < -0.4 is 3.07 Å².